The minimum Gasteiger partial charge on any atom is -0.379 e. The summed E-state index contributed by atoms with van der Waals surface area (Å²) in [5.41, 5.74) is -0.331. The number of halogens is 2. The highest BCUT2D eigenvalue weighted by molar-refractivity contribution is 9.10. The Labute approximate surface area is 154 Å². The zero-order chi connectivity index (χ0) is 17.7. The fourth-order valence-corrected chi connectivity index (χ4v) is 2.99. The van der Waals surface area contributed by atoms with Crippen LogP contribution in [0.15, 0.2) is 53.0 Å². The van der Waals surface area contributed by atoms with Crippen LogP contribution >= 0.6 is 35.9 Å². The Hall–Kier alpha value is -1.01. The highest BCUT2D eigenvalue weighted by Crippen LogP contribution is 2.31. The molecular weight excluding hydrogens is 417 g/mol. The van der Waals surface area contributed by atoms with Crippen LogP contribution in [-0.4, -0.2) is 33.5 Å². The summed E-state index contributed by atoms with van der Waals surface area (Å²) in [6, 6.07) is 13.7. The number of amides is 1. The van der Waals surface area contributed by atoms with E-state index >= 15 is 0 Å². The molecule has 0 spiro atoms. The molecule has 2 aromatic carbocycles. The van der Waals surface area contributed by atoms with Gasteiger partial charge in [-0.1, -0.05) is 51.8 Å². The standard InChI is InChI=1S/C16H16BrClNO4P/c17-13-5-1-11(2-6-13)16(21,10-19-15(20)9-24(22)23)12-3-7-14(18)8-4-12/h1-8,21-23H,9-10H2,(H,19,20). The average molecular weight is 433 g/mol. The Morgan fingerprint density at radius 1 is 1.08 bits per heavy atom. The Morgan fingerprint density at radius 2 is 1.58 bits per heavy atom. The third-order valence-corrected chi connectivity index (χ3v) is 4.82. The number of benzene rings is 2. The van der Waals surface area contributed by atoms with Gasteiger partial charge in [-0.25, -0.2) is 0 Å². The van der Waals surface area contributed by atoms with Gasteiger partial charge in [-0.15, -0.1) is 0 Å². The van der Waals surface area contributed by atoms with E-state index in [0.717, 1.165) is 4.47 Å². The number of hydrogen-bond acceptors (Lipinski definition) is 4. The van der Waals surface area contributed by atoms with Gasteiger partial charge >= 0.3 is 0 Å². The van der Waals surface area contributed by atoms with Crippen LogP contribution in [0.4, 0.5) is 0 Å². The van der Waals surface area contributed by atoms with Crippen molar-refractivity contribution < 1.29 is 19.7 Å². The lowest BCUT2D eigenvalue weighted by Gasteiger charge is -2.30. The summed E-state index contributed by atoms with van der Waals surface area (Å²) in [7, 11) is -2.32. The smallest absolute Gasteiger partial charge is 0.229 e. The maximum Gasteiger partial charge on any atom is 0.229 e. The fraction of sp³-hybridized carbons (Fsp3) is 0.188. The number of rotatable bonds is 6. The maximum atomic E-state index is 11.7. The fourth-order valence-electron chi connectivity index (χ4n) is 2.23. The summed E-state index contributed by atoms with van der Waals surface area (Å²) in [5, 5.41) is 14.3. The largest absolute Gasteiger partial charge is 0.379 e. The first kappa shape index (κ1) is 19.3. The van der Waals surface area contributed by atoms with E-state index in [2.05, 4.69) is 21.2 Å². The lowest BCUT2D eigenvalue weighted by molar-refractivity contribution is -0.119. The number of aliphatic hydroxyl groups is 1. The molecule has 0 fully saturated rings. The maximum absolute atomic E-state index is 11.7. The molecule has 0 saturated carbocycles. The normalized spacial score (nSPS) is 13.6. The number of carbonyl (C=O) groups is 1. The van der Waals surface area contributed by atoms with Crippen molar-refractivity contribution in [3.05, 3.63) is 69.2 Å². The third-order valence-electron chi connectivity index (χ3n) is 3.47. The molecule has 24 heavy (non-hydrogen) atoms. The summed E-state index contributed by atoms with van der Waals surface area (Å²) in [6.45, 7) is -0.113. The molecule has 128 valence electrons. The van der Waals surface area contributed by atoms with Crippen LogP contribution in [0.5, 0.6) is 0 Å². The van der Waals surface area contributed by atoms with E-state index in [4.69, 9.17) is 21.4 Å². The van der Waals surface area contributed by atoms with Crippen molar-refractivity contribution in [1.29, 1.82) is 0 Å². The molecule has 0 saturated heterocycles. The van der Waals surface area contributed by atoms with Gasteiger partial charge in [0.2, 0.25) is 5.91 Å². The van der Waals surface area contributed by atoms with Gasteiger partial charge in [0, 0.05) is 9.50 Å². The Bertz CT molecular complexity index is 649. The first-order valence-corrected chi connectivity index (χ1v) is 9.58. The van der Waals surface area contributed by atoms with Crippen LogP contribution in [-0.2, 0) is 10.4 Å². The van der Waals surface area contributed by atoms with E-state index in [-0.39, 0.29) is 6.54 Å². The highest BCUT2D eigenvalue weighted by atomic mass is 79.9. The molecule has 0 aromatic heterocycles. The van der Waals surface area contributed by atoms with Crippen LogP contribution in [0.2, 0.25) is 5.02 Å². The molecule has 4 N–H and O–H groups in total. The highest BCUT2D eigenvalue weighted by Gasteiger charge is 2.32. The summed E-state index contributed by atoms with van der Waals surface area (Å²) in [4.78, 5) is 29.6. The molecule has 8 heteroatoms. The van der Waals surface area contributed by atoms with E-state index < -0.39 is 26.0 Å². The van der Waals surface area contributed by atoms with E-state index in [1.165, 1.54) is 0 Å². The van der Waals surface area contributed by atoms with Gasteiger partial charge in [-0.05, 0) is 35.4 Å². The number of nitrogens with one attached hydrogen (secondary N) is 1. The summed E-state index contributed by atoms with van der Waals surface area (Å²) in [5.74, 6) is -0.546. The second kappa shape index (κ2) is 8.39. The third kappa shape index (κ3) is 4.99. The van der Waals surface area contributed by atoms with Gasteiger partial charge in [0.1, 0.15) is 5.60 Å². The van der Waals surface area contributed by atoms with Crippen molar-refractivity contribution in [3.63, 3.8) is 0 Å². The molecule has 1 amide bonds. The van der Waals surface area contributed by atoms with Crippen molar-refractivity contribution in [2.75, 3.05) is 12.7 Å². The molecule has 0 aliphatic rings. The van der Waals surface area contributed by atoms with Gasteiger partial charge in [-0.2, -0.15) is 0 Å². The van der Waals surface area contributed by atoms with Gasteiger partial charge in [0.05, 0.1) is 12.7 Å². The van der Waals surface area contributed by atoms with Crippen molar-refractivity contribution in [1.82, 2.24) is 5.32 Å². The SMILES string of the molecule is O=C(CP(O)O)NCC(O)(c1ccc(Cl)cc1)c1ccc(Br)cc1. The molecule has 5 nitrogen and oxygen atoms in total. The lowest BCUT2D eigenvalue weighted by atomic mass is 9.86. The van der Waals surface area contributed by atoms with Crippen LogP contribution in [0.3, 0.4) is 0 Å². The minimum absolute atomic E-state index is 0.113. The molecule has 2 aromatic rings. The minimum atomic E-state index is -2.32. The van der Waals surface area contributed by atoms with Crippen molar-refractivity contribution in [2.24, 2.45) is 0 Å². The molecule has 1 unspecified atom stereocenters. The average Bonchev–Trinajstić information content (AvgIpc) is 2.53. The van der Waals surface area contributed by atoms with Gasteiger partial charge in [0.25, 0.3) is 0 Å². The second-order valence-electron chi connectivity index (χ2n) is 5.18. The molecular formula is C16H16BrClNO4P. The van der Waals surface area contributed by atoms with Crippen molar-refractivity contribution in [3.8, 4) is 0 Å². The van der Waals surface area contributed by atoms with E-state index in [0.29, 0.717) is 16.1 Å². The van der Waals surface area contributed by atoms with Crippen LogP contribution < -0.4 is 5.32 Å². The predicted molar refractivity (Wildman–Crippen MR) is 97.8 cm³/mol. The summed E-state index contributed by atoms with van der Waals surface area (Å²) >= 11 is 9.25. The van der Waals surface area contributed by atoms with Crippen LogP contribution in [0.25, 0.3) is 0 Å². The van der Waals surface area contributed by atoms with Crippen molar-refractivity contribution >= 4 is 41.8 Å². The summed E-state index contributed by atoms with van der Waals surface area (Å²) < 4.78 is 0.861. The molecule has 0 radical (unpaired) electrons. The first-order chi connectivity index (χ1) is 11.3. The molecule has 2 rings (SSSR count). The van der Waals surface area contributed by atoms with E-state index in [9.17, 15) is 9.90 Å². The number of hydrogen-bond donors (Lipinski definition) is 4. The Kier molecular flexibility index (Phi) is 6.75. The van der Waals surface area contributed by atoms with Gasteiger partial charge < -0.3 is 20.2 Å². The molecule has 0 heterocycles. The molecule has 0 aliphatic carbocycles. The number of carbonyl (C=O) groups excluding carboxylic acids is 1. The monoisotopic (exact) mass is 431 g/mol. The zero-order valence-electron chi connectivity index (χ0n) is 12.5. The van der Waals surface area contributed by atoms with Gasteiger partial charge in [-0.3, -0.25) is 4.79 Å². The second-order valence-corrected chi connectivity index (χ2v) is 7.59. The Balaban J connectivity index is 2.32. The first-order valence-electron chi connectivity index (χ1n) is 6.98. The topological polar surface area (TPSA) is 89.8 Å². The van der Waals surface area contributed by atoms with Crippen molar-refractivity contribution in [2.45, 2.75) is 5.60 Å². The van der Waals surface area contributed by atoms with E-state index in [1.807, 2.05) is 0 Å². The molecule has 0 bridgehead atoms. The van der Waals surface area contributed by atoms with Gasteiger partial charge in [0.15, 0.2) is 8.38 Å². The molecule has 1 atom stereocenters. The zero-order valence-corrected chi connectivity index (χ0v) is 15.7. The summed E-state index contributed by atoms with van der Waals surface area (Å²) in [6.07, 6.45) is -0.396. The Morgan fingerprint density at radius 3 is 2.08 bits per heavy atom. The van der Waals surface area contributed by atoms with Crippen LogP contribution in [0, 0.1) is 0 Å². The molecule has 0 aliphatic heterocycles. The quantitative estimate of drug-likeness (QED) is 0.529. The van der Waals surface area contributed by atoms with Crippen LogP contribution in [0.1, 0.15) is 11.1 Å². The lowest BCUT2D eigenvalue weighted by Crippen LogP contribution is -2.42. The van der Waals surface area contributed by atoms with E-state index in [1.54, 1.807) is 48.5 Å². The predicted octanol–water partition coefficient (Wildman–Crippen LogP) is 2.75.